The smallest absolute Gasteiger partial charge is 0.0584 e. The maximum atomic E-state index is 9.33. The third kappa shape index (κ3) is 2.74. The number of aliphatic hydroxyl groups is 1. The van der Waals surface area contributed by atoms with Crippen LogP contribution < -0.4 is 5.32 Å². The van der Waals surface area contributed by atoms with Gasteiger partial charge in [-0.1, -0.05) is 49.4 Å². The highest BCUT2D eigenvalue weighted by Crippen LogP contribution is 2.37. The van der Waals surface area contributed by atoms with Gasteiger partial charge in [-0.25, -0.2) is 0 Å². The predicted molar refractivity (Wildman–Crippen MR) is 87.4 cm³/mol. The normalized spacial score (nSPS) is 15.4. The maximum Gasteiger partial charge on any atom is 0.0584 e. The molecule has 0 heterocycles. The van der Waals surface area contributed by atoms with Crippen LogP contribution in [-0.2, 0) is 6.42 Å². The van der Waals surface area contributed by atoms with Crippen molar-refractivity contribution >= 4 is 0 Å². The minimum atomic E-state index is 0.172. The molecule has 2 N–H and O–H groups in total. The van der Waals surface area contributed by atoms with E-state index in [2.05, 4.69) is 61.6 Å². The van der Waals surface area contributed by atoms with Gasteiger partial charge in [0, 0.05) is 12.1 Å². The average Bonchev–Trinajstić information content (AvgIpc) is 2.89. The van der Waals surface area contributed by atoms with E-state index in [1.165, 1.54) is 27.8 Å². The molecule has 0 saturated carbocycles. The Labute approximate surface area is 126 Å². The first-order valence-electron chi connectivity index (χ1n) is 7.81. The van der Waals surface area contributed by atoms with Crippen molar-refractivity contribution in [3.8, 4) is 11.1 Å². The molecule has 2 heteroatoms. The lowest BCUT2D eigenvalue weighted by molar-refractivity contribution is 0.230. The number of aliphatic hydroxyl groups excluding tert-OH is 1. The molecule has 1 aliphatic rings. The molecule has 0 aromatic heterocycles. The van der Waals surface area contributed by atoms with E-state index >= 15 is 0 Å². The highest BCUT2D eigenvalue weighted by molar-refractivity contribution is 5.76. The van der Waals surface area contributed by atoms with Gasteiger partial charge in [0.05, 0.1) is 6.61 Å². The summed E-state index contributed by atoms with van der Waals surface area (Å²) in [4.78, 5) is 0. The topological polar surface area (TPSA) is 32.3 Å². The van der Waals surface area contributed by atoms with Gasteiger partial charge in [0.1, 0.15) is 0 Å². The third-order valence-electron chi connectivity index (χ3n) is 4.52. The van der Waals surface area contributed by atoms with Crippen molar-refractivity contribution < 1.29 is 5.11 Å². The molecule has 2 aromatic rings. The molecule has 0 bridgehead atoms. The second kappa shape index (κ2) is 6.00. The third-order valence-corrected chi connectivity index (χ3v) is 4.52. The van der Waals surface area contributed by atoms with Crippen LogP contribution in [0.2, 0.25) is 0 Å². The van der Waals surface area contributed by atoms with Crippen LogP contribution in [0.15, 0.2) is 42.5 Å². The van der Waals surface area contributed by atoms with Gasteiger partial charge in [-0.3, -0.25) is 0 Å². The van der Waals surface area contributed by atoms with Crippen LogP contribution in [0, 0.1) is 0 Å². The van der Waals surface area contributed by atoms with Crippen LogP contribution in [-0.4, -0.2) is 17.8 Å². The van der Waals surface area contributed by atoms with Gasteiger partial charge in [0.25, 0.3) is 0 Å². The molecule has 2 aromatic carbocycles. The van der Waals surface area contributed by atoms with Gasteiger partial charge in [0.15, 0.2) is 0 Å². The summed E-state index contributed by atoms with van der Waals surface area (Å²) in [5.74, 6) is 0. The van der Waals surface area contributed by atoms with Crippen molar-refractivity contribution in [2.75, 3.05) is 6.61 Å². The zero-order valence-electron chi connectivity index (χ0n) is 12.8. The molecule has 21 heavy (non-hydrogen) atoms. The van der Waals surface area contributed by atoms with Crippen molar-refractivity contribution in [1.82, 2.24) is 5.32 Å². The number of fused-ring (bicyclic) bond motifs is 3. The molecule has 0 radical (unpaired) electrons. The number of hydrogen-bond acceptors (Lipinski definition) is 2. The number of nitrogens with one attached hydrogen (secondary N) is 1. The van der Waals surface area contributed by atoms with Crippen molar-refractivity contribution in [3.05, 3.63) is 59.2 Å². The van der Waals surface area contributed by atoms with Crippen LogP contribution in [0.1, 0.15) is 43.0 Å². The van der Waals surface area contributed by atoms with Crippen LogP contribution in [0.25, 0.3) is 11.1 Å². The lowest BCUT2D eigenvalue weighted by Crippen LogP contribution is -2.33. The molecule has 2 atom stereocenters. The molecule has 0 amide bonds. The second-order valence-electron chi connectivity index (χ2n) is 5.93. The summed E-state index contributed by atoms with van der Waals surface area (Å²) in [5, 5.41) is 12.8. The minimum Gasteiger partial charge on any atom is -0.395 e. The van der Waals surface area contributed by atoms with E-state index in [1.807, 2.05) is 0 Å². The standard InChI is InChI=1S/C19H23NO/c1-3-17(12-21)20-13(2)14-8-9-19-16(10-14)11-15-6-4-5-7-18(15)19/h4-10,13,17,20-21H,3,11-12H2,1-2H3/t13?,17-/m1/s1. The fraction of sp³-hybridized carbons (Fsp3) is 0.368. The van der Waals surface area contributed by atoms with Crippen LogP contribution in [0.5, 0.6) is 0 Å². The summed E-state index contributed by atoms with van der Waals surface area (Å²) in [6.45, 7) is 4.46. The Morgan fingerprint density at radius 3 is 2.62 bits per heavy atom. The lowest BCUT2D eigenvalue weighted by atomic mass is 9.99. The summed E-state index contributed by atoms with van der Waals surface area (Å²) in [5.41, 5.74) is 6.89. The largest absolute Gasteiger partial charge is 0.395 e. The molecule has 2 nitrogen and oxygen atoms in total. The molecule has 0 fully saturated rings. The van der Waals surface area contributed by atoms with Gasteiger partial charge in [0.2, 0.25) is 0 Å². The van der Waals surface area contributed by atoms with E-state index in [4.69, 9.17) is 0 Å². The SMILES string of the molecule is CC[C@H](CO)NC(C)c1ccc2c(c1)Cc1ccccc1-2. The molecule has 1 unspecified atom stereocenters. The Morgan fingerprint density at radius 2 is 1.86 bits per heavy atom. The fourth-order valence-corrected chi connectivity index (χ4v) is 3.18. The van der Waals surface area contributed by atoms with Gasteiger partial charge < -0.3 is 10.4 Å². The Balaban J connectivity index is 1.83. The first-order chi connectivity index (χ1) is 10.2. The Morgan fingerprint density at radius 1 is 1.10 bits per heavy atom. The predicted octanol–water partition coefficient (Wildman–Crippen LogP) is 3.68. The number of hydrogen-bond donors (Lipinski definition) is 2. The average molecular weight is 281 g/mol. The van der Waals surface area contributed by atoms with Crippen LogP contribution in [0.4, 0.5) is 0 Å². The quantitative estimate of drug-likeness (QED) is 0.747. The first-order valence-corrected chi connectivity index (χ1v) is 7.81. The second-order valence-corrected chi connectivity index (χ2v) is 5.93. The van der Waals surface area contributed by atoms with Crippen molar-refractivity contribution in [3.63, 3.8) is 0 Å². The van der Waals surface area contributed by atoms with E-state index in [0.29, 0.717) is 0 Å². The van der Waals surface area contributed by atoms with E-state index in [9.17, 15) is 5.11 Å². The zero-order chi connectivity index (χ0) is 14.8. The Hall–Kier alpha value is -1.64. The van der Waals surface area contributed by atoms with E-state index in [1.54, 1.807) is 0 Å². The van der Waals surface area contributed by atoms with E-state index in [-0.39, 0.29) is 18.7 Å². The first kappa shape index (κ1) is 14.3. The van der Waals surface area contributed by atoms with Gasteiger partial charge in [-0.15, -0.1) is 0 Å². The Kier molecular flexibility index (Phi) is 4.09. The fourth-order valence-electron chi connectivity index (χ4n) is 3.18. The highest BCUT2D eigenvalue weighted by Gasteiger charge is 2.19. The summed E-state index contributed by atoms with van der Waals surface area (Å²) < 4.78 is 0. The molecule has 1 aliphatic carbocycles. The van der Waals surface area contributed by atoms with Crippen molar-refractivity contribution in [2.24, 2.45) is 0 Å². The van der Waals surface area contributed by atoms with Crippen molar-refractivity contribution in [2.45, 2.75) is 38.8 Å². The van der Waals surface area contributed by atoms with Crippen LogP contribution >= 0.6 is 0 Å². The number of rotatable bonds is 5. The van der Waals surface area contributed by atoms with Crippen LogP contribution in [0.3, 0.4) is 0 Å². The van der Waals surface area contributed by atoms with Gasteiger partial charge in [-0.2, -0.15) is 0 Å². The molecule has 0 saturated heterocycles. The maximum absolute atomic E-state index is 9.33. The van der Waals surface area contributed by atoms with Gasteiger partial charge in [-0.05, 0) is 47.6 Å². The Bertz CT molecular complexity index is 631. The van der Waals surface area contributed by atoms with E-state index < -0.39 is 0 Å². The summed E-state index contributed by atoms with van der Waals surface area (Å²) in [6, 6.07) is 15.9. The minimum absolute atomic E-state index is 0.172. The summed E-state index contributed by atoms with van der Waals surface area (Å²) in [7, 11) is 0. The highest BCUT2D eigenvalue weighted by atomic mass is 16.3. The molecular weight excluding hydrogens is 258 g/mol. The summed E-state index contributed by atoms with van der Waals surface area (Å²) >= 11 is 0. The monoisotopic (exact) mass is 281 g/mol. The molecule has 3 rings (SSSR count). The molecule has 0 aliphatic heterocycles. The van der Waals surface area contributed by atoms with Gasteiger partial charge >= 0.3 is 0 Å². The summed E-state index contributed by atoms with van der Waals surface area (Å²) in [6.07, 6.45) is 1.97. The van der Waals surface area contributed by atoms with Crippen molar-refractivity contribution in [1.29, 1.82) is 0 Å². The molecule has 0 spiro atoms. The number of benzene rings is 2. The molecule has 110 valence electrons. The molecular formula is C19H23NO. The lowest BCUT2D eigenvalue weighted by Gasteiger charge is -2.21. The van der Waals surface area contributed by atoms with E-state index in [0.717, 1.165) is 12.8 Å². The zero-order valence-corrected chi connectivity index (χ0v) is 12.8.